The summed E-state index contributed by atoms with van der Waals surface area (Å²) in [5.41, 5.74) is 16.4. The monoisotopic (exact) mass is 2050 g/mol. The first-order valence-corrected chi connectivity index (χ1v) is 42.3. The molecule has 33 nitrogen and oxygen atoms in total. The third-order valence-electron chi connectivity index (χ3n) is 17.5. The van der Waals surface area contributed by atoms with Gasteiger partial charge in [0.05, 0.1) is 49.1 Å². The van der Waals surface area contributed by atoms with Crippen molar-refractivity contribution >= 4 is 137 Å². The van der Waals surface area contributed by atoms with Crippen molar-refractivity contribution in [1.29, 1.82) is 0 Å². The number of carbonyl (C=O) groups excluding carboxylic acids is 5. The zero-order chi connectivity index (χ0) is 94.4. The Morgan fingerprint density at radius 2 is 0.657 bits per heavy atom. The third kappa shape index (κ3) is 37.2. The number of amides is 2. The van der Waals surface area contributed by atoms with E-state index in [9.17, 15) is 28.8 Å². The smallest absolute Gasteiger partial charge is 0.870 e. The van der Waals surface area contributed by atoms with E-state index in [-0.39, 0.29) is 60.2 Å². The van der Waals surface area contributed by atoms with Gasteiger partial charge in [-0.3, -0.25) is 79.4 Å². The second-order valence-corrected chi connectivity index (χ2v) is 30.2. The standard InChI is InChI=1S/C23H23N5O2.C17H13N3O2.C16H11N3O2.C12H9BrN2O2.C7H8BBrO2.C7H8BNO4.C5H6BNO2.C5H3Br2N.CH4.Li.H2O/c1-16(2)22(29)27-7-4-8-28-23(30)21-10-20(14-26-15-21)19-9-18(12-25-13-19)17-5-3-6-24-11-17;1-22-17(21)16-6-15(10-20-11-16)14-5-13(8-19-9-14)12-3-2-4-18-7-12;20-16(21)15-5-14(9-19-10-15)13-4-12(7-18-8-13)11-2-1-3-17-6-11;1-17-12(16)10-2-8(4-14-6-10)9-3-11(13)7-15-5-9;9-5-6-3-1-2-4-7(6)8(10)11;1-13-7(10)5-2-6(8(11)12)4-9-3-5;8-6(9)5-2-1-3-7-4-5;6-4-1-5(7)3-8-2-4;;;/h3,5-6,9-15H,1,4,7-8H2,2H3,(H,27,29)(H,28,30);2-11H,1H3;1-10H,(H,20,21);2-7H,1H3;1-4,10-11H,5H2;2-4,11-12H,1H3;1-4,8-9H;1-3H;1H4;;1H2/q;;;;;;;;;+1;/p-1. The van der Waals surface area contributed by atoms with E-state index in [1.807, 2.05) is 78.9 Å². The molecule has 0 saturated heterocycles. The number of rotatable bonds is 21. The van der Waals surface area contributed by atoms with Crippen molar-refractivity contribution in [2.24, 2.45) is 0 Å². The van der Waals surface area contributed by atoms with Crippen molar-refractivity contribution in [1.82, 2.24) is 80.4 Å². The van der Waals surface area contributed by atoms with Crippen LogP contribution in [0.2, 0.25) is 0 Å². The number of aromatic nitrogens is 14. The summed E-state index contributed by atoms with van der Waals surface area (Å²) >= 11 is 13.1. The molecule has 0 unspecified atom stereocenters. The average molecular weight is 2060 g/mol. The molecule has 10 N–H and O–H groups in total. The van der Waals surface area contributed by atoms with Crippen molar-refractivity contribution in [3.8, 4) is 77.9 Å². The number of aromatic carboxylic acids is 1. The number of carboxylic acid groups (broad SMARTS) is 1. The van der Waals surface area contributed by atoms with Gasteiger partial charge in [0.1, 0.15) is 0 Å². The van der Waals surface area contributed by atoms with Gasteiger partial charge in [-0.2, -0.15) is 0 Å². The summed E-state index contributed by atoms with van der Waals surface area (Å²) in [6, 6.07) is 39.8. The predicted molar refractivity (Wildman–Crippen MR) is 518 cm³/mol. The largest absolute Gasteiger partial charge is 1.00 e. The number of alkyl halides is 1. The Hall–Kier alpha value is -13.7. The van der Waals surface area contributed by atoms with Crippen LogP contribution in [0.5, 0.6) is 0 Å². The number of carboxylic acids is 1. The molecule has 0 aliphatic carbocycles. The molecule has 15 rings (SSSR count). The normalized spacial score (nSPS) is 9.75. The molecule has 0 aliphatic rings. The number of hydrogen-bond donors (Lipinski definition) is 9. The SMILES string of the molecule is Brc1cncc(Br)c1.C.C=C(C)C(=O)NCCCNC(=O)c1cncc(-c2cncc(-c3cccnc3)c2)c1.COC(=O)c1cncc(-c2cncc(-c3cccnc3)c2)c1.COC(=O)c1cncc(-c2cncc(Br)c2)c1.COC(=O)c1cncc(B(O)O)c1.O=C(O)c1cncc(-c2cncc(-c3cccnc3)c2)c1.OB(O)c1ccccc1CBr.OB(O)c1cccnc1.[Li+].[OH-]. The van der Waals surface area contributed by atoms with E-state index < -0.39 is 45.2 Å². The summed E-state index contributed by atoms with van der Waals surface area (Å²) in [6.07, 6.45) is 46.5. The van der Waals surface area contributed by atoms with Crippen LogP contribution in [-0.2, 0) is 24.3 Å². The summed E-state index contributed by atoms with van der Waals surface area (Å²) in [6.45, 7) is 6.14. The number of hydrogen-bond acceptors (Lipinski definition) is 30. The van der Waals surface area contributed by atoms with Crippen LogP contribution in [0, 0.1) is 0 Å². The number of ether oxygens (including phenoxy) is 3. The maximum absolute atomic E-state index is 12.4. The molecule has 0 atom stereocenters. The molecule has 678 valence electrons. The van der Waals surface area contributed by atoms with Gasteiger partial charge in [0.25, 0.3) is 5.91 Å². The van der Waals surface area contributed by atoms with Gasteiger partial charge in [0.2, 0.25) is 5.91 Å². The Morgan fingerprint density at radius 1 is 0.351 bits per heavy atom. The summed E-state index contributed by atoms with van der Waals surface area (Å²) in [7, 11) is -0.473. The molecule has 0 bridgehead atoms. The van der Waals surface area contributed by atoms with Gasteiger partial charge in [-0.1, -0.05) is 78.5 Å². The number of methoxy groups -OCH3 is 3. The van der Waals surface area contributed by atoms with Crippen molar-refractivity contribution in [2.75, 3.05) is 34.4 Å². The number of benzene rings is 1. The van der Waals surface area contributed by atoms with Crippen LogP contribution in [0.4, 0.5) is 0 Å². The zero-order valence-electron chi connectivity index (χ0n) is 71.7. The van der Waals surface area contributed by atoms with E-state index in [1.165, 1.54) is 70.8 Å². The summed E-state index contributed by atoms with van der Waals surface area (Å²) in [5.74, 6) is -2.77. The van der Waals surface area contributed by atoms with E-state index in [1.54, 1.807) is 186 Å². The number of nitrogens with zero attached hydrogens (tertiary/aromatic N) is 14. The zero-order valence-corrected chi connectivity index (χ0v) is 78.0. The second-order valence-electron chi connectivity index (χ2n) is 26.8. The van der Waals surface area contributed by atoms with Gasteiger partial charge in [-0.05, 0) is 157 Å². The molecule has 14 aromatic heterocycles. The first-order chi connectivity index (χ1) is 63.2. The molecule has 0 aliphatic heterocycles. The maximum atomic E-state index is 12.4. The van der Waals surface area contributed by atoms with Gasteiger partial charge in [0, 0.05) is 300 Å². The van der Waals surface area contributed by atoms with Crippen LogP contribution in [-0.4, -0.2) is 202 Å². The molecule has 134 heavy (non-hydrogen) atoms. The number of nitrogens with one attached hydrogen (secondary N) is 2. The minimum absolute atomic E-state index is 0. The molecule has 14 heterocycles. The molecule has 41 heteroatoms. The number of esters is 3. The van der Waals surface area contributed by atoms with Gasteiger partial charge < -0.3 is 65.6 Å². The van der Waals surface area contributed by atoms with Crippen LogP contribution in [0.1, 0.15) is 78.1 Å². The molecular weight excluding hydrogens is 1970 g/mol. The van der Waals surface area contributed by atoms with Crippen molar-refractivity contribution in [3.63, 3.8) is 0 Å². The Kier molecular flexibility index (Phi) is 49.3. The summed E-state index contributed by atoms with van der Waals surface area (Å²) < 4.78 is 16.7. The van der Waals surface area contributed by atoms with E-state index >= 15 is 0 Å². The Labute approximate surface area is 818 Å². The van der Waals surface area contributed by atoms with Crippen molar-refractivity contribution < 1.29 is 103 Å². The van der Waals surface area contributed by atoms with Gasteiger partial charge in [0.15, 0.2) is 0 Å². The number of carbonyl (C=O) groups is 6. The third-order valence-corrected chi connectivity index (χ3v) is 19.4. The summed E-state index contributed by atoms with van der Waals surface area (Å²) in [5, 5.41) is 67.6. The Morgan fingerprint density at radius 3 is 0.993 bits per heavy atom. The van der Waals surface area contributed by atoms with E-state index in [4.69, 9.17) is 40.0 Å². The number of halogens is 4. The van der Waals surface area contributed by atoms with Gasteiger partial charge in [-0.25, -0.2) is 19.2 Å². The fourth-order valence-corrected chi connectivity index (χ4v) is 12.8. The molecule has 0 fully saturated rings. The molecule has 2 amide bonds. The van der Waals surface area contributed by atoms with Gasteiger partial charge >= 0.3 is 64.1 Å². The van der Waals surface area contributed by atoms with Crippen LogP contribution >= 0.6 is 63.7 Å². The molecule has 1 aromatic carbocycles. The van der Waals surface area contributed by atoms with Crippen molar-refractivity contribution in [2.45, 2.75) is 26.1 Å². The van der Waals surface area contributed by atoms with Crippen molar-refractivity contribution in [3.05, 3.63) is 366 Å². The fraction of sp³-hybridized carbons (Fsp3) is 0.0968. The quantitative estimate of drug-likeness (QED) is 0.00807. The van der Waals surface area contributed by atoms with Crippen LogP contribution in [0.15, 0.2) is 333 Å². The second kappa shape index (κ2) is 59.7. The van der Waals surface area contributed by atoms with Crippen LogP contribution < -0.4 is 45.9 Å². The first-order valence-electron chi connectivity index (χ1n) is 38.8. The maximum Gasteiger partial charge on any atom is 1.00 e. The molecule has 0 saturated carbocycles. The Bertz CT molecular complexity index is 6250. The van der Waals surface area contributed by atoms with Crippen LogP contribution in [0.3, 0.4) is 0 Å². The molecular formula is C93H86B3Br4LiN16O17. The topological polar surface area (TPSA) is 506 Å². The minimum atomic E-state index is -1.63. The van der Waals surface area contributed by atoms with Crippen LogP contribution in [0.25, 0.3) is 77.9 Å². The predicted octanol–water partition coefficient (Wildman–Crippen LogP) is 9.25. The average Bonchev–Trinajstić information content (AvgIpc) is 0.832. The molecule has 0 radical (unpaired) electrons. The Balaban J connectivity index is 0.000000279. The molecule has 0 spiro atoms. The first kappa shape index (κ1) is 111. The molecule has 15 aromatic rings. The summed E-state index contributed by atoms with van der Waals surface area (Å²) in [4.78, 5) is 126. The minimum Gasteiger partial charge on any atom is -0.870 e. The van der Waals surface area contributed by atoms with Gasteiger partial charge in [-0.15, -0.1) is 0 Å². The fourth-order valence-electron chi connectivity index (χ4n) is 10.9. The van der Waals surface area contributed by atoms with E-state index in [0.717, 1.165) is 91.3 Å². The number of pyridine rings is 14. The van der Waals surface area contributed by atoms with E-state index in [2.05, 4.69) is 160 Å². The van der Waals surface area contributed by atoms with E-state index in [0.29, 0.717) is 63.6 Å².